The number of hydrogen-bond acceptors (Lipinski definition) is 4. The number of aryl methyl sites for hydroxylation is 1. The summed E-state index contributed by atoms with van der Waals surface area (Å²) in [5, 5.41) is 10.4. The summed E-state index contributed by atoms with van der Waals surface area (Å²) in [6.45, 7) is 4.18. The molecule has 4 nitrogen and oxygen atoms in total. The summed E-state index contributed by atoms with van der Waals surface area (Å²) in [4.78, 5) is 2.16. The molecule has 1 aromatic heterocycles. The van der Waals surface area contributed by atoms with Crippen LogP contribution in [0.3, 0.4) is 0 Å². The molecule has 1 heterocycles. The molecule has 0 unspecified atom stereocenters. The Bertz CT molecular complexity index is 754. The molecule has 3 rings (SSSR count). The highest BCUT2D eigenvalue weighted by Crippen LogP contribution is 2.14. The van der Waals surface area contributed by atoms with Crippen LogP contribution in [0, 0.1) is 6.92 Å². The van der Waals surface area contributed by atoms with E-state index in [0.717, 1.165) is 18.1 Å². The third kappa shape index (κ3) is 5.76. The summed E-state index contributed by atoms with van der Waals surface area (Å²) in [7, 11) is 0. The van der Waals surface area contributed by atoms with Gasteiger partial charge in [0, 0.05) is 13.1 Å². The zero-order valence-corrected chi connectivity index (χ0v) is 15.0. The van der Waals surface area contributed by atoms with Gasteiger partial charge in [-0.2, -0.15) is 0 Å². The van der Waals surface area contributed by atoms with Gasteiger partial charge in [0.15, 0.2) is 0 Å². The Morgan fingerprint density at radius 2 is 1.73 bits per heavy atom. The molecule has 0 bridgehead atoms. The summed E-state index contributed by atoms with van der Waals surface area (Å²) in [6, 6.07) is 21.9. The number of ether oxygens (including phenoxy) is 1. The zero-order chi connectivity index (χ0) is 18.2. The van der Waals surface area contributed by atoms with Crippen molar-refractivity contribution in [3.8, 4) is 5.75 Å². The van der Waals surface area contributed by atoms with Crippen molar-refractivity contribution in [2.24, 2.45) is 0 Å². The normalized spacial score (nSPS) is 12.3. The van der Waals surface area contributed by atoms with E-state index in [0.29, 0.717) is 13.1 Å². The third-order valence-electron chi connectivity index (χ3n) is 4.14. The number of rotatable bonds is 9. The fraction of sp³-hybridized carbons (Fsp3) is 0.273. The standard InChI is InChI=1S/C22H25NO3/c1-18-9-11-21(12-10-18)26-17-20(24)15-23(16-22-8-5-13-25-22)14-19-6-3-2-4-7-19/h2-13,20,24H,14-17H2,1H3/t20-/m1/s1. The maximum absolute atomic E-state index is 10.4. The quantitative estimate of drug-likeness (QED) is 0.632. The molecule has 0 saturated carbocycles. The van der Waals surface area contributed by atoms with Crippen molar-refractivity contribution < 1.29 is 14.3 Å². The first-order chi connectivity index (χ1) is 12.7. The molecule has 26 heavy (non-hydrogen) atoms. The van der Waals surface area contributed by atoms with Crippen LogP contribution in [-0.2, 0) is 13.1 Å². The highest BCUT2D eigenvalue weighted by Gasteiger charge is 2.15. The van der Waals surface area contributed by atoms with Crippen LogP contribution in [0.5, 0.6) is 5.75 Å². The molecule has 0 aliphatic carbocycles. The molecule has 0 amide bonds. The molecule has 136 valence electrons. The van der Waals surface area contributed by atoms with Crippen LogP contribution < -0.4 is 4.74 Å². The Labute approximate surface area is 154 Å². The van der Waals surface area contributed by atoms with Crippen LogP contribution in [0.1, 0.15) is 16.9 Å². The number of aliphatic hydroxyl groups is 1. The summed E-state index contributed by atoms with van der Waals surface area (Å²) in [5.74, 6) is 1.66. The van der Waals surface area contributed by atoms with Crippen molar-refractivity contribution in [2.75, 3.05) is 13.2 Å². The molecule has 1 atom stereocenters. The van der Waals surface area contributed by atoms with E-state index in [1.807, 2.05) is 61.5 Å². The molecule has 0 radical (unpaired) electrons. The average molecular weight is 351 g/mol. The zero-order valence-electron chi connectivity index (χ0n) is 15.0. The molecule has 2 aromatic carbocycles. The third-order valence-corrected chi connectivity index (χ3v) is 4.14. The van der Waals surface area contributed by atoms with Gasteiger partial charge in [0.1, 0.15) is 24.2 Å². The van der Waals surface area contributed by atoms with E-state index in [1.54, 1.807) is 6.26 Å². The molecule has 0 saturated heterocycles. The lowest BCUT2D eigenvalue weighted by Gasteiger charge is -2.24. The second-order valence-corrected chi connectivity index (χ2v) is 6.51. The lowest BCUT2D eigenvalue weighted by Crippen LogP contribution is -2.35. The van der Waals surface area contributed by atoms with Gasteiger partial charge in [0.05, 0.1) is 12.8 Å². The molecule has 0 aliphatic heterocycles. The van der Waals surface area contributed by atoms with Crippen LogP contribution in [0.2, 0.25) is 0 Å². The predicted molar refractivity (Wildman–Crippen MR) is 102 cm³/mol. The van der Waals surface area contributed by atoms with Gasteiger partial charge in [-0.05, 0) is 36.8 Å². The Hall–Kier alpha value is -2.56. The number of aliphatic hydroxyl groups excluding tert-OH is 1. The molecular weight excluding hydrogens is 326 g/mol. The number of hydrogen-bond donors (Lipinski definition) is 1. The van der Waals surface area contributed by atoms with Crippen LogP contribution in [0.15, 0.2) is 77.4 Å². The molecule has 1 N–H and O–H groups in total. The smallest absolute Gasteiger partial charge is 0.119 e. The summed E-state index contributed by atoms with van der Waals surface area (Å²) in [6.07, 6.45) is 1.09. The Kier molecular flexibility index (Phi) is 6.47. The summed E-state index contributed by atoms with van der Waals surface area (Å²) < 4.78 is 11.2. The largest absolute Gasteiger partial charge is 0.491 e. The molecule has 0 fully saturated rings. The van der Waals surface area contributed by atoms with Crippen LogP contribution in [0.25, 0.3) is 0 Å². The Morgan fingerprint density at radius 3 is 2.42 bits per heavy atom. The van der Waals surface area contributed by atoms with Gasteiger partial charge in [-0.15, -0.1) is 0 Å². The fourth-order valence-electron chi connectivity index (χ4n) is 2.83. The highest BCUT2D eigenvalue weighted by molar-refractivity contribution is 5.26. The predicted octanol–water partition coefficient (Wildman–Crippen LogP) is 4.03. The maximum Gasteiger partial charge on any atom is 0.119 e. The second-order valence-electron chi connectivity index (χ2n) is 6.51. The monoisotopic (exact) mass is 351 g/mol. The lowest BCUT2D eigenvalue weighted by molar-refractivity contribution is 0.0604. The summed E-state index contributed by atoms with van der Waals surface area (Å²) >= 11 is 0. The molecule has 3 aromatic rings. The van der Waals surface area contributed by atoms with Crippen molar-refractivity contribution in [3.05, 3.63) is 89.9 Å². The van der Waals surface area contributed by atoms with Crippen LogP contribution in [-0.4, -0.2) is 29.3 Å². The highest BCUT2D eigenvalue weighted by atomic mass is 16.5. The van der Waals surface area contributed by atoms with Crippen molar-refractivity contribution in [1.29, 1.82) is 0 Å². The SMILES string of the molecule is Cc1ccc(OC[C@H](O)CN(Cc2ccccc2)Cc2ccco2)cc1. The van der Waals surface area contributed by atoms with Crippen molar-refractivity contribution in [3.63, 3.8) is 0 Å². The van der Waals surface area contributed by atoms with E-state index in [4.69, 9.17) is 9.15 Å². The van der Waals surface area contributed by atoms with E-state index in [2.05, 4.69) is 17.0 Å². The van der Waals surface area contributed by atoms with Crippen LogP contribution >= 0.6 is 0 Å². The van der Waals surface area contributed by atoms with E-state index in [-0.39, 0.29) is 6.61 Å². The van der Waals surface area contributed by atoms with Crippen LogP contribution in [0.4, 0.5) is 0 Å². The van der Waals surface area contributed by atoms with Crippen molar-refractivity contribution in [1.82, 2.24) is 4.90 Å². The van der Waals surface area contributed by atoms with Gasteiger partial charge < -0.3 is 14.3 Å². The van der Waals surface area contributed by atoms with Crippen molar-refractivity contribution >= 4 is 0 Å². The number of benzene rings is 2. The van der Waals surface area contributed by atoms with Gasteiger partial charge >= 0.3 is 0 Å². The Morgan fingerprint density at radius 1 is 0.962 bits per heavy atom. The lowest BCUT2D eigenvalue weighted by atomic mass is 10.2. The van der Waals surface area contributed by atoms with E-state index >= 15 is 0 Å². The fourth-order valence-corrected chi connectivity index (χ4v) is 2.83. The first-order valence-corrected chi connectivity index (χ1v) is 8.85. The van der Waals surface area contributed by atoms with Gasteiger partial charge in [-0.25, -0.2) is 0 Å². The minimum absolute atomic E-state index is 0.256. The maximum atomic E-state index is 10.4. The van der Waals surface area contributed by atoms with Gasteiger partial charge in [0.2, 0.25) is 0 Å². The average Bonchev–Trinajstić information content (AvgIpc) is 3.15. The molecule has 0 spiro atoms. The van der Waals surface area contributed by atoms with E-state index in [1.165, 1.54) is 11.1 Å². The minimum atomic E-state index is -0.588. The van der Waals surface area contributed by atoms with Crippen molar-refractivity contribution in [2.45, 2.75) is 26.1 Å². The van der Waals surface area contributed by atoms with Gasteiger partial charge in [-0.1, -0.05) is 48.0 Å². The number of nitrogens with zero attached hydrogens (tertiary/aromatic N) is 1. The molecule has 4 heteroatoms. The first kappa shape index (κ1) is 18.2. The molecule has 0 aliphatic rings. The molecular formula is C22H25NO3. The van der Waals surface area contributed by atoms with Gasteiger partial charge in [-0.3, -0.25) is 4.90 Å². The second kappa shape index (κ2) is 9.22. The van der Waals surface area contributed by atoms with E-state index < -0.39 is 6.10 Å². The van der Waals surface area contributed by atoms with Gasteiger partial charge in [0.25, 0.3) is 0 Å². The summed E-state index contributed by atoms with van der Waals surface area (Å²) in [5.41, 5.74) is 2.39. The first-order valence-electron chi connectivity index (χ1n) is 8.85. The topological polar surface area (TPSA) is 45.8 Å². The Balaban J connectivity index is 1.57. The number of furan rings is 1. The van der Waals surface area contributed by atoms with E-state index in [9.17, 15) is 5.11 Å². The minimum Gasteiger partial charge on any atom is -0.491 e.